The zero-order chi connectivity index (χ0) is 12.9. The highest BCUT2D eigenvalue weighted by Gasteiger charge is 2.37. The van der Waals surface area contributed by atoms with E-state index in [0.717, 1.165) is 25.1 Å². The van der Waals surface area contributed by atoms with Gasteiger partial charge < -0.3 is 15.7 Å². The Kier molecular flexibility index (Phi) is 5.27. The van der Waals surface area contributed by atoms with E-state index in [1.807, 2.05) is 13.2 Å². The highest BCUT2D eigenvalue weighted by molar-refractivity contribution is 7.98. The lowest BCUT2D eigenvalue weighted by molar-refractivity contribution is -0.142. The lowest BCUT2D eigenvalue weighted by Gasteiger charge is -2.25. The predicted octanol–water partition coefficient (Wildman–Crippen LogP) is 0.451. The normalized spacial score (nSPS) is 25.5. The van der Waals surface area contributed by atoms with Crippen LogP contribution < -0.4 is 10.6 Å². The molecule has 1 saturated heterocycles. The minimum Gasteiger partial charge on any atom is -0.480 e. The van der Waals surface area contributed by atoms with Crippen molar-refractivity contribution in [1.82, 2.24) is 10.6 Å². The molecule has 3 N–H and O–H groups in total. The first-order chi connectivity index (χ1) is 7.99. The summed E-state index contributed by atoms with van der Waals surface area (Å²) in [7, 11) is 0. The predicted molar refractivity (Wildman–Crippen MR) is 68.2 cm³/mol. The number of amides is 1. The van der Waals surface area contributed by atoms with Crippen molar-refractivity contribution in [3.05, 3.63) is 0 Å². The summed E-state index contributed by atoms with van der Waals surface area (Å²) in [5.74, 6) is -0.445. The van der Waals surface area contributed by atoms with Gasteiger partial charge in [-0.25, -0.2) is 4.79 Å². The smallest absolute Gasteiger partial charge is 0.326 e. The number of thioether (sulfide) groups is 1. The van der Waals surface area contributed by atoms with Crippen LogP contribution in [0.15, 0.2) is 0 Å². The maximum Gasteiger partial charge on any atom is 0.326 e. The molecule has 1 aliphatic rings. The second-order valence-corrected chi connectivity index (χ2v) is 5.49. The van der Waals surface area contributed by atoms with Gasteiger partial charge in [0.05, 0.1) is 5.54 Å². The number of hydrogen-bond acceptors (Lipinski definition) is 4. The van der Waals surface area contributed by atoms with E-state index in [-0.39, 0.29) is 5.91 Å². The van der Waals surface area contributed by atoms with Crippen LogP contribution >= 0.6 is 11.8 Å². The van der Waals surface area contributed by atoms with Gasteiger partial charge in [-0.15, -0.1) is 0 Å². The third-order valence-electron chi connectivity index (χ3n) is 3.08. The van der Waals surface area contributed by atoms with E-state index >= 15 is 0 Å². The number of nitrogens with one attached hydrogen (secondary N) is 2. The molecule has 1 aliphatic heterocycles. The average molecular weight is 260 g/mol. The average Bonchev–Trinajstić information content (AvgIpc) is 2.72. The lowest BCUT2D eigenvalue weighted by Crippen LogP contribution is -2.55. The Balaban J connectivity index is 2.54. The number of hydrogen-bond donors (Lipinski definition) is 3. The van der Waals surface area contributed by atoms with Crippen molar-refractivity contribution in [2.75, 3.05) is 18.6 Å². The molecule has 1 fully saturated rings. The van der Waals surface area contributed by atoms with Crippen LogP contribution in [-0.4, -0.2) is 47.1 Å². The molecule has 2 atom stereocenters. The molecule has 17 heavy (non-hydrogen) atoms. The lowest BCUT2D eigenvalue weighted by atomic mass is 9.98. The summed E-state index contributed by atoms with van der Waals surface area (Å²) in [6, 6.07) is -0.783. The Morgan fingerprint density at radius 1 is 1.59 bits per heavy atom. The van der Waals surface area contributed by atoms with Gasteiger partial charge >= 0.3 is 5.97 Å². The summed E-state index contributed by atoms with van der Waals surface area (Å²) in [5.41, 5.74) is -0.604. The molecule has 0 aromatic rings. The van der Waals surface area contributed by atoms with Crippen LogP contribution in [0.1, 0.15) is 26.2 Å². The summed E-state index contributed by atoms with van der Waals surface area (Å²) in [6.07, 6.45) is 4.08. The monoisotopic (exact) mass is 260 g/mol. The van der Waals surface area contributed by atoms with E-state index in [4.69, 9.17) is 5.11 Å². The van der Waals surface area contributed by atoms with E-state index in [0.29, 0.717) is 6.42 Å². The van der Waals surface area contributed by atoms with Gasteiger partial charge in [0.25, 0.3) is 0 Å². The van der Waals surface area contributed by atoms with Gasteiger partial charge in [0.1, 0.15) is 6.04 Å². The van der Waals surface area contributed by atoms with Crippen molar-refractivity contribution < 1.29 is 14.7 Å². The van der Waals surface area contributed by atoms with Gasteiger partial charge in [-0.3, -0.25) is 4.79 Å². The van der Waals surface area contributed by atoms with Crippen LogP contribution in [0.2, 0.25) is 0 Å². The molecule has 1 rings (SSSR count). The number of carboxylic acids is 1. The first-order valence-electron chi connectivity index (χ1n) is 5.77. The van der Waals surface area contributed by atoms with Crippen LogP contribution in [0.4, 0.5) is 0 Å². The third kappa shape index (κ3) is 3.89. The second kappa shape index (κ2) is 6.26. The molecular weight excluding hydrogens is 240 g/mol. The molecule has 1 unspecified atom stereocenters. The van der Waals surface area contributed by atoms with E-state index < -0.39 is 17.6 Å². The van der Waals surface area contributed by atoms with Gasteiger partial charge in [-0.05, 0) is 44.7 Å². The zero-order valence-corrected chi connectivity index (χ0v) is 11.1. The first kappa shape index (κ1) is 14.3. The van der Waals surface area contributed by atoms with Crippen molar-refractivity contribution in [3.63, 3.8) is 0 Å². The molecule has 0 aromatic carbocycles. The van der Waals surface area contributed by atoms with Gasteiger partial charge in [0.2, 0.25) is 5.91 Å². The number of aliphatic carboxylic acids is 1. The summed E-state index contributed by atoms with van der Waals surface area (Å²) in [5, 5.41) is 14.8. The van der Waals surface area contributed by atoms with E-state index in [2.05, 4.69) is 10.6 Å². The fourth-order valence-corrected chi connectivity index (χ4v) is 2.37. The van der Waals surface area contributed by atoms with Crippen LogP contribution in [0.25, 0.3) is 0 Å². The van der Waals surface area contributed by atoms with Crippen LogP contribution in [-0.2, 0) is 9.59 Å². The molecule has 0 aromatic heterocycles. The minimum absolute atomic E-state index is 0.205. The summed E-state index contributed by atoms with van der Waals surface area (Å²) >= 11 is 1.58. The Labute approximate surface area is 106 Å². The Morgan fingerprint density at radius 3 is 2.76 bits per heavy atom. The molecule has 0 saturated carbocycles. The Bertz CT molecular complexity index is 290. The van der Waals surface area contributed by atoms with Gasteiger partial charge in [-0.2, -0.15) is 11.8 Å². The molecule has 6 heteroatoms. The van der Waals surface area contributed by atoms with Gasteiger partial charge in [0.15, 0.2) is 0 Å². The summed E-state index contributed by atoms with van der Waals surface area (Å²) < 4.78 is 0. The molecular formula is C11H20N2O3S. The van der Waals surface area contributed by atoms with Crippen LogP contribution in [0.5, 0.6) is 0 Å². The number of carbonyl (C=O) groups excluding carboxylic acids is 1. The van der Waals surface area contributed by atoms with Crippen molar-refractivity contribution >= 4 is 23.6 Å². The standard InChI is InChI=1S/C11H20N2O3S/c1-11(5-3-6-12-11)10(16)13-8(9(14)15)4-7-17-2/h8,12H,3-7H2,1-2H3,(H,13,16)(H,14,15)/t8-,11?/m1/s1. The molecule has 0 aliphatic carbocycles. The largest absolute Gasteiger partial charge is 0.480 e. The topological polar surface area (TPSA) is 78.4 Å². The van der Waals surface area contributed by atoms with Crippen molar-refractivity contribution in [2.45, 2.75) is 37.8 Å². The van der Waals surface area contributed by atoms with E-state index in [1.165, 1.54) is 0 Å². The molecule has 1 amide bonds. The zero-order valence-electron chi connectivity index (χ0n) is 10.3. The van der Waals surface area contributed by atoms with Crippen LogP contribution in [0, 0.1) is 0 Å². The third-order valence-corrected chi connectivity index (χ3v) is 3.73. The van der Waals surface area contributed by atoms with E-state index in [9.17, 15) is 9.59 Å². The van der Waals surface area contributed by atoms with Gasteiger partial charge in [-0.1, -0.05) is 0 Å². The molecule has 0 radical (unpaired) electrons. The Hall–Kier alpha value is -0.750. The molecule has 0 spiro atoms. The SMILES string of the molecule is CSCC[C@@H](NC(=O)C1(C)CCCN1)C(=O)O. The molecule has 98 valence electrons. The number of carbonyl (C=O) groups is 2. The minimum atomic E-state index is -0.964. The molecule has 5 nitrogen and oxygen atoms in total. The summed E-state index contributed by atoms with van der Waals surface area (Å²) in [4.78, 5) is 23.0. The Morgan fingerprint density at radius 2 is 2.29 bits per heavy atom. The van der Waals surface area contributed by atoms with E-state index in [1.54, 1.807) is 11.8 Å². The van der Waals surface area contributed by atoms with Gasteiger partial charge in [0, 0.05) is 0 Å². The quantitative estimate of drug-likeness (QED) is 0.646. The van der Waals surface area contributed by atoms with Crippen molar-refractivity contribution in [2.24, 2.45) is 0 Å². The fourth-order valence-electron chi connectivity index (χ4n) is 1.90. The maximum atomic E-state index is 12.0. The first-order valence-corrected chi connectivity index (χ1v) is 7.17. The maximum absolute atomic E-state index is 12.0. The van der Waals surface area contributed by atoms with Crippen molar-refractivity contribution in [3.8, 4) is 0 Å². The summed E-state index contributed by atoms with van der Waals surface area (Å²) in [6.45, 7) is 2.63. The highest BCUT2D eigenvalue weighted by atomic mass is 32.2. The second-order valence-electron chi connectivity index (χ2n) is 4.51. The molecule has 0 bridgehead atoms. The highest BCUT2D eigenvalue weighted by Crippen LogP contribution is 2.18. The molecule has 1 heterocycles. The number of carboxylic acid groups (broad SMARTS) is 1. The fraction of sp³-hybridized carbons (Fsp3) is 0.818. The van der Waals surface area contributed by atoms with Crippen molar-refractivity contribution in [1.29, 1.82) is 0 Å². The van der Waals surface area contributed by atoms with Crippen LogP contribution in [0.3, 0.4) is 0 Å². The number of rotatable bonds is 6.